The summed E-state index contributed by atoms with van der Waals surface area (Å²) in [6, 6.07) is 6.81. The minimum absolute atomic E-state index is 0.138. The summed E-state index contributed by atoms with van der Waals surface area (Å²) in [5.74, 6) is -0.320. The molecule has 1 aromatic rings. The highest BCUT2D eigenvalue weighted by atomic mass is 19.1. The van der Waals surface area contributed by atoms with E-state index < -0.39 is 0 Å². The molecule has 1 fully saturated rings. The molecular weight excluding hydrogens is 241 g/mol. The Balaban J connectivity index is 1.96. The fraction of sp³-hybridized carbons (Fsp3) is 0.312. The van der Waals surface area contributed by atoms with Gasteiger partial charge in [0.15, 0.2) is 0 Å². The van der Waals surface area contributed by atoms with Gasteiger partial charge in [-0.3, -0.25) is 4.79 Å². The van der Waals surface area contributed by atoms with Crippen molar-refractivity contribution in [2.24, 2.45) is 0 Å². The number of carbonyl (C=O) groups excluding carboxylic acids is 1. The fourth-order valence-electron chi connectivity index (χ4n) is 2.15. The van der Waals surface area contributed by atoms with Crippen LogP contribution >= 0.6 is 0 Å². The monoisotopic (exact) mass is 259 g/mol. The second-order valence-corrected chi connectivity index (χ2v) is 4.86. The van der Waals surface area contributed by atoms with Crippen molar-refractivity contribution in [2.75, 3.05) is 6.54 Å². The summed E-state index contributed by atoms with van der Waals surface area (Å²) in [7, 11) is 0. The molecule has 1 amide bonds. The average molecular weight is 259 g/mol. The Kier molecular flexibility index (Phi) is 4.15. The van der Waals surface area contributed by atoms with Crippen molar-refractivity contribution in [1.82, 2.24) is 5.32 Å². The van der Waals surface area contributed by atoms with Crippen molar-refractivity contribution in [3.63, 3.8) is 0 Å². The summed E-state index contributed by atoms with van der Waals surface area (Å²) >= 11 is 0. The summed E-state index contributed by atoms with van der Waals surface area (Å²) in [5.41, 5.74) is 0.517. The number of amides is 1. The van der Waals surface area contributed by atoms with Gasteiger partial charge in [-0.25, -0.2) is 4.39 Å². The summed E-state index contributed by atoms with van der Waals surface area (Å²) < 4.78 is 13.8. The second-order valence-electron chi connectivity index (χ2n) is 4.86. The Hall–Kier alpha value is -1.90. The van der Waals surface area contributed by atoms with E-state index in [-0.39, 0.29) is 17.1 Å². The van der Waals surface area contributed by atoms with E-state index in [0.29, 0.717) is 12.1 Å². The number of hydrogen-bond acceptors (Lipinski definition) is 1. The maximum atomic E-state index is 13.8. The van der Waals surface area contributed by atoms with Crippen LogP contribution < -0.4 is 5.32 Å². The van der Waals surface area contributed by atoms with Gasteiger partial charge in [0, 0.05) is 18.0 Å². The van der Waals surface area contributed by atoms with Gasteiger partial charge in [-0.15, -0.1) is 0 Å². The van der Waals surface area contributed by atoms with Crippen molar-refractivity contribution >= 4 is 5.91 Å². The molecule has 3 heteroatoms. The number of carbonyl (C=O) groups is 1. The number of rotatable bonds is 5. The van der Waals surface area contributed by atoms with Crippen LogP contribution in [-0.2, 0) is 10.2 Å². The van der Waals surface area contributed by atoms with Gasteiger partial charge in [-0.1, -0.05) is 36.4 Å². The summed E-state index contributed by atoms with van der Waals surface area (Å²) in [6.07, 6.45) is 8.67. The molecule has 1 N–H and O–H groups in total. The van der Waals surface area contributed by atoms with Gasteiger partial charge in [0.05, 0.1) is 0 Å². The first kappa shape index (κ1) is 13.5. The lowest BCUT2D eigenvalue weighted by atomic mass is 9.95. The molecular formula is C16H18FNO. The maximum Gasteiger partial charge on any atom is 0.244 e. The molecule has 0 bridgehead atoms. The Morgan fingerprint density at radius 1 is 1.37 bits per heavy atom. The highest BCUT2D eigenvalue weighted by molar-refractivity contribution is 5.87. The predicted octanol–water partition coefficient (Wildman–Crippen LogP) is 3.11. The normalized spacial score (nSPS) is 16.9. The van der Waals surface area contributed by atoms with Crippen LogP contribution in [-0.4, -0.2) is 12.5 Å². The molecule has 2 nitrogen and oxygen atoms in total. The van der Waals surface area contributed by atoms with Crippen LogP contribution in [0.4, 0.5) is 4.39 Å². The average Bonchev–Trinajstić information content (AvgIpc) is 3.18. The van der Waals surface area contributed by atoms with Gasteiger partial charge in [0.1, 0.15) is 5.82 Å². The Bertz CT molecular complexity index is 515. The molecule has 0 unspecified atom stereocenters. The van der Waals surface area contributed by atoms with E-state index in [2.05, 4.69) is 5.32 Å². The second kappa shape index (κ2) is 5.83. The van der Waals surface area contributed by atoms with Gasteiger partial charge in [-0.05, 0) is 31.4 Å². The van der Waals surface area contributed by atoms with Crippen molar-refractivity contribution in [2.45, 2.75) is 25.2 Å². The summed E-state index contributed by atoms with van der Waals surface area (Å²) in [6.45, 7) is 2.38. The number of hydrogen-bond donors (Lipinski definition) is 1. The van der Waals surface area contributed by atoms with Gasteiger partial charge in [0.25, 0.3) is 0 Å². The van der Waals surface area contributed by atoms with E-state index in [0.717, 1.165) is 12.8 Å². The molecule has 1 aliphatic carbocycles. The van der Waals surface area contributed by atoms with E-state index in [9.17, 15) is 9.18 Å². The van der Waals surface area contributed by atoms with Crippen molar-refractivity contribution in [1.29, 1.82) is 0 Å². The van der Waals surface area contributed by atoms with Crippen LogP contribution in [0.25, 0.3) is 0 Å². The quantitative estimate of drug-likeness (QED) is 0.639. The summed E-state index contributed by atoms with van der Waals surface area (Å²) in [5, 5.41) is 2.84. The van der Waals surface area contributed by atoms with E-state index in [1.807, 2.05) is 25.1 Å². The molecule has 0 atom stereocenters. The molecule has 0 aliphatic heterocycles. The van der Waals surface area contributed by atoms with Crippen LogP contribution in [0.15, 0.2) is 48.6 Å². The number of halogens is 1. The van der Waals surface area contributed by atoms with E-state index in [1.165, 1.54) is 12.1 Å². The van der Waals surface area contributed by atoms with Crippen molar-refractivity contribution < 1.29 is 9.18 Å². The molecule has 2 rings (SSSR count). The van der Waals surface area contributed by atoms with Crippen LogP contribution in [0.2, 0.25) is 0 Å². The zero-order chi connectivity index (χ0) is 13.7. The number of nitrogens with one attached hydrogen (secondary N) is 1. The Labute approximate surface area is 113 Å². The molecule has 100 valence electrons. The third kappa shape index (κ3) is 3.31. The van der Waals surface area contributed by atoms with Gasteiger partial charge < -0.3 is 5.32 Å². The lowest BCUT2D eigenvalue weighted by Gasteiger charge is -2.16. The zero-order valence-electron chi connectivity index (χ0n) is 11.0. The van der Waals surface area contributed by atoms with Gasteiger partial charge in [-0.2, -0.15) is 0 Å². The minimum atomic E-state index is -0.199. The Morgan fingerprint density at radius 3 is 2.74 bits per heavy atom. The molecule has 19 heavy (non-hydrogen) atoms. The lowest BCUT2D eigenvalue weighted by Crippen LogP contribution is -2.31. The fourth-order valence-corrected chi connectivity index (χ4v) is 2.15. The largest absolute Gasteiger partial charge is 0.352 e. The SMILES string of the molecule is C/C=C/C=C/C(=O)NCC1(c2ccccc2F)CC1. The van der Waals surface area contributed by atoms with Crippen LogP contribution in [0.1, 0.15) is 25.3 Å². The van der Waals surface area contributed by atoms with E-state index in [1.54, 1.807) is 18.2 Å². The topological polar surface area (TPSA) is 29.1 Å². The number of allylic oxidation sites excluding steroid dienone is 3. The molecule has 0 heterocycles. The van der Waals surface area contributed by atoms with Crippen LogP contribution in [0.3, 0.4) is 0 Å². The third-order valence-electron chi connectivity index (χ3n) is 3.45. The molecule has 1 aliphatic rings. The molecule has 0 aromatic heterocycles. The first-order valence-electron chi connectivity index (χ1n) is 6.50. The van der Waals surface area contributed by atoms with Crippen molar-refractivity contribution in [3.05, 3.63) is 60.0 Å². The predicted molar refractivity (Wildman–Crippen MR) is 74.3 cm³/mol. The molecule has 0 saturated heterocycles. The van der Waals surface area contributed by atoms with E-state index >= 15 is 0 Å². The van der Waals surface area contributed by atoms with Crippen LogP contribution in [0.5, 0.6) is 0 Å². The molecule has 1 saturated carbocycles. The third-order valence-corrected chi connectivity index (χ3v) is 3.45. The summed E-state index contributed by atoms with van der Waals surface area (Å²) in [4.78, 5) is 11.6. The first-order valence-corrected chi connectivity index (χ1v) is 6.50. The standard InChI is InChI=1S/C16H18FNO/c1-2-3-4-9-15(19)18-12-16(10-11-16)13-7-5-6-8-14(13)17/h2-9H,10-12H2,1H3,(H,18,19)/b3-2+,9-4+. The lowest BCUT2D eigenvalue weighted by molar-refractivity contribution is -0.116. The van der Waals surface area contributed by atoms with Gasteiger partial charge >= 0.3 is 0 Å². The molecule has 0 radical (unpaired) electrons. The smallest absolute Gasteiger partial charge is 0.244 e. The highest BCUT2D eigenvalue weighted by Gasteiger charge is 2.45. The van der Waals surface area contributed by atoms with E-state index in [4.69, 9.17) is 0 Å². The minimum Gasteiger partial charge on any atom is -0.352 e. The van der Waals surface area contributed by atoms with Crippen LogP contribution in [0, 0.1) is 5.82 Å². The first-order chi connectivity index (χ1) is 9.18. The maximum absolute atomic E-state index is 13.8. The highest BCUT2D eigenvalue weighted by Crippen LogP contribution is 2.48. The number of benzene rings is 1. The molecule has 0 spiro atoms. The van der Waals surface area contributed by atoms with Gasteiger partial charge in [0.2, 0.25) is 5.91 Å². The molecule has 1 aromatic carbocycles. The Morgan fingerprint density at radius 2 is 2.11 bits per heavy atom. The zero-order valence-corrected chi connectivity index (χ0v) is 11.0. The van der Waals surface area contributed by atoms with Crippen molar-refractivity contribution in [3.8, 4) is 0 Å².